The third-order valence-corrected chi connectivity index (χ3v) is 5.41. The van der Waals surface area contributed by atoms with E-state index >= 15 is 0 Å². The highest BCUT2D eigenvalue weighted by atomic mass is 16.3. The highest BCUT2D eigenvalue weighted by molar-refractivity contribution is 6.07. The minimum absolute atomic E-state index is 0.129. The first kappa shape index (κ1) is 20.8. The van der Waals surface area contributed by atoms with Gasteiger partial charge in [-0.3, -0.25) is 9.59 Å². The van der Waals surface area contributed by atoms with Crippen LogP contribution >= 0.6 is 0 Å². The summed E-state index contributed by atoms with van der Waals surface area (Å²) in [6.45, 7) is 8.11. The van der Waals surface area contributed by atoms with E-state index in [-0.39, 0.29) is 16.9 Å². The summed E-state index contributed by atoms with van der Waals surface area (Å²) in [5, 5.41) is 3.49. The van der Waals surface area contributed by atoms with Crippen LogP contribution in [-0.2, 0) is 19.3 Å². The number of amides is 1. The molecule has 1 N–H and O–H groups in total. The number of aryl methyl sites for hydroxylation is 4. The molecule has 0 unspecified atom stereocenters. The molecule has 4 heteroatoms. The van der Waals surface area contributed by atoms with Crippen molar-refractivity contribution in [1.82, 2.24) is 0 Å². The van der Waals surface area contributed by atoms with Gasteiger partial charge in [0.2, 0.25) is 5.43 Å². The van der Waals surface area contributed by atoms with E-state index in [1.807, 2.05) is 37.3 Å². The summed E-state index contributed by atoms with van der Waals surface area (Å²) in [6, 6.07) is 11.5. The van der Waals surface area contributed by atoms with E-state index in [0.717, 1.165) is 48.1 Å². The van der Waals surface area contributed by atoms with E-state index in [9.17, 15) is 9.59 Å². The standard InChI is InChI=1S/C25H29NO3/c1-5-8-15-20-21(23(27)19-14-9-11-16(4)24(19)29-20)25(28)26-22-17(6-2)12-10-13-18(22)7-3/h9-14H,5-8,15H2,1-4H3,(H,26,28). The third kappa shape index (κ3) is 4.12. The summed E-state index contributed by atoms with van der Waals surface area (Å²) in [6.07, 6.45) is 3.98. The van der Waals surface area contributed by atoms with Crippen LogP contribution in [0, 0.1) is 6.92 Å². The van der Waals surface area contributed by atoms with Crippen molar-refractivity contribution in [3.63, 3.8) is 0 Å². The second kappa shape index (κ2) is 9.08. The summed E-state index contributed by atoms with van der Waals surface area (Å²) in [5.74, 6) is 0.0898. The van der Waals surface area contributed by atoms with Gasteiger partial charge in [0.1, 0.15) is 16.9 Å². The maximum absolute atomic E-state index is 13.3. The normalized spacial score (nSPS) is 11.0. The van der Waals surface area contributed by atoms with E-state index in [1.54, 1.807) is 6.07 Å². The Labute approximate surface area is 171 Å². The minimum atomic E-state index is -0.385. The zero-order chi connectivity index (χ0) is 21.0. The largest absolute Gasteiger partial charge is 0.460 e. The Morgan fingerprint density at radius 2 is 1.66 bits per heavy atom. The van der Waals surface area contributed by atoms with Gasteiger partial charge in [-0.2, -0.15) is 0 Å². The van der Waals surface area contributed by atoms with Gasteiger partial charge < -0.3 is 9.73 Å². The summed E-state index contributed by atoms with van der Waals surface area (Å²) in [4.78, 5) is 26.6. The number of hydrogen-bond donors (Lipinski definition) is 1. The molecule has 0 radical (unpaired) electrons. The molecule has 0 aliphatic rings. The number of rotatable bonds is 7. The molecule has 0 aliphatic heterocycles. The first-order valence-electron chi connectivity index (χ1n) is 10.5. The Balaban J connectivity index is 2.15. The second-order valence-corrected chi connectivity index (χ2v) is 7.40. The van der Waals surface area contributed by atoms with E-state index in [2.05, 4.69) is 26.1 Å². The van der Waals surface area contributed by atoms with Gasteiger partial charge in [0, 0.05) is 12.1 Å². The Bertz CT molecular complexity index is 1070. The van der Waals surface area contributed by atoms with E-state index < -0.39 is 0 Å². The number of nitrogens with one attached hydrogen (secondary N) is 1. The molecule has 1 amide bonds. The molecule has 1 heterocycles. The summed E-state index contributed by atoms with van der Waals surface area (Å²) in [7, 11) is 0. The molecule has 3 rings (SSSR count). The average Bonchev–Trinajstić information content (AvgIpc) is 2.73. The van der Waals surface area contributed by atoms with Crippen molar-refractivity contribution in [1.29, 1.82) is 0 Å². The van der Waals surface area contributed by atoms with Crippen LogP contribution in [0.5, 0.6) is 0 Å². The van der Waals surface area contributed by atoms with Gasteiger partial charge in [-0.25, -0.2) is 0 Å². The zero-order valence-electron chi connectivity index (χ0n) is 17.7. The van der Waals surface area contributed by atoms with E-state index in [4.69, 9.17) is 4.42 Å². The lowest BCUT2D eigenvalue weighted by molar-refractivity contribution is 0.102. The first-order valence-corrected chi connectivity index (χ1v) is 10.5. The number of unbranched alkanes of at least 4 members (excludes halogenated alkanes) is 1. The SMILES string of the molecule is CCCCc1oc2c(C)cccc2c(=O)c1C(=O)Nc1c(CC)cccc1CC. The van der Waals surface area contributed by atoms with Crippen LogP contribution in [0.2, 0.25) is 0 Å². The summed E-state index contributed by atoms with van der Waals surface area (Å²) in [5.41, 5.74) is 4.28. The molecule has 0 saturated heterocycles. The van der Waals surface area contributed by atoms with Crippen molar-refractivity contribution in [3.05, 3.63) is 74.6 Å². The van der Waals surface area contributed by atoms with Crippen LogP contribution in [0.15, 0.2) is 45.6 Å². The van der Waals surface area contributed by atoms with Gasteiger partial charge in [-0.15, -0.1) is 0 Å². The predicted octanol–water partition coefficient (Wildman–Crippen LogP) is 5.82. The van der Waals surface area contributed by atoms with Crippen LogP contribution in [0.3, 0.4) is 0 Å². The minimum Gasteiger partial charge on any atom is -0.460 e. The molecule has 152 valence electrons. The summed E-state index contributed by atoms with van der Waals surface area (Å²) >= 11 is 0. The highest BCUT2D eigenvalue weighted by Crippen LogP contribution is 2.25. The molecule has 0 fully saturated rings. The summed E-state index contributed by atoms with van der Waals surface area (Å²) < 4.78 is 6.12. The Kier molecular flexibility index (Phi) is 6.53. The number of benzene rings is 2. The molecule has 0 atom stereocenters. The molecular formula is C25H29NO3. The van der Waals surface area contributed by atoms with Crippen molar-refractivity contribution in [3.8, 4) is 0 Å². The maximum atomic E-state index is 13.3. The van der Waals surface area contributed by atoms with E-state index in [1.165, 1.54) is 0 Å². The van der Waals surface area contributed by atoms with Crippen LogP contribution in [0.25, 0.3) is 11.0 Å². The molecule has 4 nitrogen and oxygen atoms in total. The molecule has 29 heavy (non-hydrogen) atoms. The Morgan fingerprint density at radius 1 is 1.00 bits per heavy atom. The number of fused-ring (bicyclic) bond motifs is 1. The van der Waals surface area contributed by atoms with Crippen LogP contribution in [0.1, 0.15) is 66.4 Å². The molecule has 0 spiro atoms. The van der Waals surface area contributed by atoms with E-state index in [0.29, 0.717) is 23.2 Å². The van der Waals surface area contributed by atoms with Gasteiger partial charge in [-0.05, 0) is 48.9 Å². The lowest BCUT2D eigenvalue weighted by atomic mass is 10.0. The van der Waals surface area contributed by atoms with Crippen molar-refractivity contribution in [2.24, 2.45) is 0 Å². The molecule has 0 aliphatic carbocycles. The van der Waals surface area contributed by atoms with Crippen LogP contribution < -0.4 is 10.7 Å². The van der Waals surface area contributed by atoms with Crippen molar-refractivity contribution in [2.45, 2.75) is 59.8 Å². The van der Waals surface area contributed by atoms with Crippen LogP contribution in [-0.4, -0.2) is 5.91 Å². The quantitative estimate of drug-likeness (QED) is 0.552. The highest BCUT2D eigenvalue weighted by Gasteiger charge is 2.22. The van der Waals surface area contributed by atoms with Crippen LogP contribution in [0.4, 0.5) is 5.69 Å². The molecule has 0 bridgehead atoms. The maximum Gasteiger partial charge on any atom is 0.263 e. The molecule has 3 aromatic rings. The predicted molar refractivity (Wildman–Crippen MR) is 119 cm³/mol. The molecule has 0 saturated carbocycles. The molecular weight excluding hydrogens is 362 g/mol. The van der Waals surface area contributed by atoms with Crippen molar-refractivity contribution >= 4 is 22.6 Å². The van der Waals surface area contributed by atoms with Crippen molar-refractivity contribution < 1.29 is 9.21 Å². The van der Waals surface area contributed by atoms with Gasteiger partial charge >= 0.3 is 0 Å². The lowest BCUT2D eigenvalue weighted by Crippen LogP contribution is -2.25. The fraction of sp³-hybridized carbons (Fsp3) is 0.360. The Hall–Kier alpha value is -2.88. The van der Waals surface area contributed by atoms with Gasteiger partial charge in [0.15, 0.2) is 0 Å². The topological polar surface area (TPSA) is 59.3 Å². The molecule has 1 aromatic heterocycles. The van der Waals surface area contributed by atoms with Gasteiger partial charge in [0.05, 0.1) is 5.39 Å². The second-order valence-electron chi connectivity index (χ2n) is 7.40. The number of hydrogen-bond acceptors (Lipinski definition) is 3. The fourth-order valence-electron chi connectivity index (χ4n) is 3.72. The number of carbonyl (C=O) groups excluding carboxylic acids is 1. The van der Waals surface area contributed by atoms with Gasteiger partial charge in [-0.1, -0.05) is 57.5 Å². The molecule has 2 aromatic carbocycles. The first-order chi connectivity index (χ1) is 14.0. The fourth-order valence-corrected chi connectivity index (χ4v) is 3.72. The van der Waals surface area contributed by atoms with Gasteiger partial charge in [0.25, 0.3) is 5.91 Å². The smallest absolute Gasteiger partial charge is 0.263 e. The lowest BCUT2D eigenvalue weighted by Gasteiger charge is -2.16. The Morgan fingerprint density at radius 3 is 2.28 bits per heavy atom. The monoisotopic (exact) mass is 391 g/mol. The number of anilines is 1. The zero-order valence-corrected chi connectivity index (χ0v) is 17.7. The number of carbonyl (C=O) groups is 1. The third-order valence-electron chi connectivity index (χ3n) is 5.41. The average molecular weight is 392 g/mol. The number of para-hydroxylation sites is 2. The van der Waals surface area contributed by atoms with Crippen molar-refractivity contribution in [2.75, 3.05) is 5.32 Å².